The van der Waals surface area contributed by atoms with Gasteiger partial charge in [-0.3, -0.25) is 14.5 Å². The molecule has 1 aliphatic heterocycles. The summed E-state index contributed by atoms with van der Waals surface area (Å²) in [6.07, 6.45) is 1.69. The van der Waals surface area contributed by atoms with E-state index in [1.165, 1.54) is 0 Å². The molecule has 0 atom stereocenters. The van der Waals surface area contributed by atoms with E-state index >= 15 is 0 Å². The summed E-state index contributed by atoms with van der Waals surface area (Å²) in [4.78, 5) is 24.5. The van der Waals surface area contributed by atoms with Crippen LogP contribution in [0, 0.1) is 10.5 Å². The highest BCUT2D eigenvalue weighted by Crippen LogP contribution is 2.35. The minimum atomic E-state index is -1.10. The van der Waals surface area contributed by atoms with Gasteiger partial charge in [-0.2, -0.15) is 0 Å². The molecule has 22 heavy (non-hydrogen) atoms. The predicted molar refractivity (Wildman–Crippen MR) is 98.0 cm³/mol. The zero-order chi connectivity index (χ0) is 16.4. The average Bonchev–Trinajstić information content (AvgIpc) is 2.65. The van der Waals surface area contributed by atoms with Crippen molar-refractivity contribution in [3.63, 3.8) is 0 Å². The highest BCUT2D eigenvalue weighted by molar-refractivity contribution is 14.1. The second-order valence-electron chi connectivity index (χ2n) is 4.51. The zero-order valence-corrected chi connectivity index (χ0v) is 15.5. The molecule has 8 heteroatoms. The van der Waals surface area contributed by atoms with Crippen molar-refractivity contribution in [3.8, 4) is 5.75 Å². The highest BCUT2D eigenvalue weighted by atomic mass is 127. The van der Waals surface area contributed by atoms with Gasteiger partial charge in [0.25, 0.3) is 5.91 Å². The van der Waals surface area contributed by atoms with Gasteiger partial charge in [-0.25, -0.2) is 0 Å². The molecule has 116 valence electrons. The van der Waals surface area contributed by atoms with Gasteiger partial charge in [-0.15, -0.1) is 0 Å². The van der Waals surface area contributed by atoms with Crippen LogP contribution in [0.3, 0.4) is 0 Å². The summed E-state index contributed by atoms with van der Waals surface area (Å²) in [5, 5.41) is 8.84. The normalized spacial score (nSPS) is 16.5. The van der Waals surface area contributed by atoms with Crippen LogP contribution in [0.25, 0.3) is 6.08 Å². The third-order valence-electron chi connectivity index (χ3n) is 2.93. The van der Waals surface area contributed by atoms with Gasteiger partial charge in [0.05, 0.1) is 12.0 Å². The fourth-order valence-corrected chi connectivity index (χ4v) is 4.10. The second kappa shape index (κ2) is 6.97. The molecule has 0 unspecified atom stereocenters. The second-order valence-corrected chi connectivity index (χ2v) is 7.43. The number of rotatable bonds is 4. The van der Waals surface area contributed by atoms with E-state index in [0.29, 0.717) is 10.7 Å². The van der Waals surface area contributed by atoms with Gasteiger partial charge in [-0.05, 0) is 53.3 Å². The number of nitrogens with zero attached hydrogens (tertiary/aromatic N) is 1. The number of hydrogen-bond donors (Lipinski definition) is 1. The molecule has 1 saturated heterocycles. The molecule has 1 N–H and O–H groups in total. The minimum Gasteiger partial charge on any atom is -0.496 e. The quantitative estimate of drug-likeness (QED) is 0.433. The van der Waals surface area contributed by atoms with E-state index in [4.69, 9.17) is 22.1 Å². The zero-order valence-electron chi connectivity index (χ0n) is 11.8. The Kier molecular flexibility index (Phi) is 5.45. The van der Waals surface area contributed by atoms with E-state index in [9.17, 15) is 9.59 Å². The van der Waals surface area contributed by atoms with Gasteiger partial charge in [0.2, 0.25) is 0 Å². The van der Waals surface area contributed by atoms with Crippen LogP contribution < -0.4 is 4.74 Å². The lowest BCUT2D eigenvalue weighted by molar-refractivity contribution is -0.140. The lowest BCUT2D eigenvalue weighted by atomic mass is 10.1. The van der Waals surface area contributed by atoms with Crippen LogP contribution in [0.4, 0.5) is 0 Å². The first-order valence-electron chi connectivity index (χ1n) is 6.14. The summed E-state index contributed by atoms with van der Waals surface area (Å²) in [6.45, 7) is 1.50. The Balaban J connectivity index is 2.41. The van der Waals surface area contributed by atoms with Crippen LogP contribution >= 0.6 is 46.6 Å². The van der Waals surface area contributed by atoms with Crippen molar-refractivity contribution in [3.05, 3.63) is 31.7 Å². The molecule has 0 radical (unpaired) electrons. The standard InChI is InChI=1S/C14H12INO4S2/c1-7-3-9(15)4-8(12(7)20-2)5-10-13(19)16(6-11(17)18)14(21)22-10/h3-5H,6H2,1-2H3,(H,17,18)/b10-5-. The fourth-order valence-electron chi connectivity index (χ4n) is 2.05. The van der Waals surface area contributed by atoms with E-state index in [0.717, 1.165) is 31.4 Å². The predicted octanol–water partition coefficient (Wildman–Crippen LogP) is 2.89. The van der Waals surface area contributed by atoms with Crippen molar-refractivity contribution < 1.29 is 19.4 Å². The summed E-state index contributed by atoms with van der Waals surface area (Å²) in [5.74, 6) is -0.805. The van der Waals surface area contributed by atoms with Crippen molar-refractivity contribution in [2.45, 2.75) is 6.92 Å². The van der Waals surface area contributed by atoms with Gasteiger partial charge in [-0.1, -0.05) is 24.0 Å². The van der Waals surface area contributed by atoms with E-state index < -0.39 is 18.4 Å². The molecule has 1 aromatic carbocycles. The lowest BCUT2D eigenvalue weighted by Crippen LogP contribution is -2.33. The maximum Gasteiger partial charge on any atom is 0.323 e. The monoisotopic (exact) mass is 449 g/mol. The number of halogens is 1. The number of carbonyl (C=O) groups excluding carboxylic acids is 1. The molecule has 0 spiro atoms. The number of thioether (sulfide) groups is 1. The van der Waals surface area contributed by atoms with E-state index in [1.807, 2.05) is 19.1 Å². The number of carboxylic acid groups (broad SMARTS) is 1. The molecule has 0 aliphatic carbocycles. The molecule has 1 aromatic rings. The molecule has 1 aliphatic rings. The number of aliphatic carboxylic acids is 1. The average molecular weight is 449 g/mol. The van der Waals surface area contributed by atoms with Gasteiger partial charge in [0.1, 0.15) is 16.6 Å². The molecule has 1 heterocycles. The van der Waals surface area contributed by atoms with Crippen LogP contribution in [-0.4, -0.2) is 39.9 Å². The summed E-state index contributed by atoms with van der Waals surface area (Å²) in [5.41, 5.74) is 1.73. The summed E-state index contributed by atoms with van der Waals surface area (Å²) in [7, 11) is 1.57. The Morgan fingerprint density at radius 3 is 2.82 bits per heavy atom. The number of methoxy groups -OCH3 is 1. The van der Waals surface area contributed by atoms with Crippen molar-refractivity contribution >= 4 is 68.8 Å². The Morgan fingerprint density at radius 2 is 2.23 bits per heavy atom. The largest absolute Gasteiger partial charge is 0.496 e. The van der Waals surface area contributed by atoms with E-state index in [-0.39, 0.29) is 4.32 Å². The number of benzene rings is 1. The van der Waals surface area contributed by atoms with Crippen LogP contribution in [-0.2, 0) is 9.59 Å². The maximum atomic E-state index is 12.3. The summed E-state index contributed by atoms with van der Waals surface area (Å²) < 4.78 is 6.65. The number of hydrogen-bond acceptors (Lipinski definition) is 5. The maximum absolute atomic E-state index is 12.3. The molecule has 0 aromatic heterocycles. The van der Waals surface area contributed by atoms with Gasteiger partial charge in [0, 0.05) is 9.13 Å². The highest BCUT2D eigenvalue weighted by Gasteiger charge is 2.33. The fraction of sp³-hybridized carbons (Fsp3) is 0.214. The smallest absolute Gasteiger partial charge is 0.323 e. The third kappa shape index (κ3) is 3.61. The van der Waals surface area contributed by atoms with E-state index in [2.05, 4.69) is 22.6 Å². The van der Waals surface area contributed by atoms with Crippen LogP contribution in [0.15, 0.2) is 17.0 Å². The van der Waals surface area contributed by atoms with Crippen molar-refractivity contribution in [2.24, 2.45) is 0 Å². The minimum absolute atomic E-state index is 0.250. The van der Waals surface area contributed by atoms with Crippen LogP contribution in [0.2, 0.25) is 0 Å². The van der Waals surface area contributed by atoms with Gasteiger partial charge < -0.3 is 9.84 Å². The number of thiocarbonyl (C=S) groups is 1. The van der Waals surface area contributed by atoms with Crippen LogP contribution in [0.5, 0.6) is 5.75 Å². The van der Waals surface area contributed by atoms with Crippen LogP contribution in [0.1, 0.15) is 11.1 Å². The first-order chi connectivity index (χ1) is 10.3. The topological polar surface area (TPSA) is 66.8 Å². The lowest BCUT2D eigenvalue weighted by Gasteiger charge is -2.11. The Labute approximate surface area is 150 Å². The number of carbonyl (C=O) groups is 2. The molecule has 0 bridgehead atoms. The summed E-state index contributed by atoms with van der Waals surface area (Å²) in [6, 6.07) is 3.88. The molecular formula is C14H12INO4S2. The number of carboxylic acids is 1. The van der Waals surface area contributed by atoms with Gasteiger partial charge >= 0.3 is 5.97 Å². The molecule has 1 amide bonds. The summed E-state index contributed by atoms with van der Waals surface area (Å²) >= 11 is 8.36. The Bertz CT molecular complexity index is 702. The SMILES string of the molecule is COc1c(C)cc(I)cc1/C=C1\SC(=S)N(CC(=O)O)C1=O. The van der Waals surface area contributed by atoms with Crippen molar-refractivity contribution in [1.29, 1.82) is 0 Å². The first kappa shape index (κ1) is 17.2. The molecule has 5 nitrogen and oxygen atoms in total. The third-order valence-corrected chi connectivity index (χ3v) is 4.93. The molecule has 0 saturated carbocycles. The molecule has 2 rings (SSSR count). The number of amides is 1. The van der Waals surface area contributed by atoms with Gasteiger partial charge in [0.15, 0.2) is 0 Å². The number of ether oxygens (including phenoxy) is 1. The Morgan fingerprint density at radius 1 is 1.55 bits per heavy atom. The van der Waals surface area contributed by atoms with Crippen molar-refractivity contribution in [1.82, 2.24) is 4.90 Å². The van der Waals surface area contributed by atoms with Crippen molar-refractivity contribution in [2.75, 3.05) is 13.7 Å². The molecule has 1 fully saturated rings. The molecular weight excluding hydrogens is 437 g/mol. The number of aryl methyl sites for hydroxylation is 1. The Hall–Kier alpha value is -1.13. The first-order valence-corrected chi connectivity index (χ1v) is 8.45. The van der Waals surface area contributed by atoms with E-state index in [1.54, 1.807) is 13.2 Å².